The van der Waals surface area contributed by atoms with Crippen molar-refractivity contribution in [2.75, 3.05) is 7.05 Å². The molecule has 0 aliphatic heterocycles. The lowest BCUT2D eigenvalue weighted by Crippen LogP contribution is -2.33. The maximum atomic E-state index is 11.7. The van der Waals surface area contributed by atoms with Gasteiger partial charge in [0.15, 0.2) is 0 Å². The Hall–Kier alpha value is -0.810. The SMILES string of the molecule is CNS(=O)(=NC#N)C(F)(F)F. The minimum absolute atomic E-state index is 0.816. The van der Waals surface area contributed by atoms with Crippen LogP contribution in [0.15, 0.2) is 4.36 Å². The lowest BCUT2D eigenvalue weighted by molar-refractivity contribution is -0.0411. The van der Waals surface area contributed by atoms with E-state index in [2.05, 4.69) is 4.36 Å². The topological polar surface area (TPSA) is 65.2 Å². The molecular formula is C3H4F3N3OS. The summed E-state index contributed by atoms with van der Waals surface area (Å²) < 4.78 is 49.4. The maximum Gasteiger partial charge on any atom is 0.493 e. The van der Waals surface area contributed by atoms with Gasteiger partial charge in [-0.25, -0.2) is 8.93 Å². The highest BCUT2D eigenvalue weighted by Gasteiger charge is 2.42. The molecule has 0 bridgehead atoms. The minimum atomic E-state index is -5.02. The van der Waals surface area contributed by atoms with Gasteiger partial charge in [0.25, 0.3) is 0 Å². The first kappa shape index (κ1) is 10.2. The first-order chi connectivity index (χ1) is 4.87. The fraction of sp³-hybridized carbons (Fsp3) is 0.667. The summed E-state index contributed by atoms with van der Waals surface area (Å²) in [5.74, 6) is 0. The molecule has 0 heterocycles. The number of nitrogens with zero attached hydrogens (tertiary/aromatic N) is 2. The van der Waals surface area contributed by atoms with Crippen LogP contribution in [0.1, 0.15) is 0 Å². The third kappa shape index (κ3) is 2.06. The van der Waals surface area contributed by atoms with Gasteiger partial charge in [-0.2, -0.15) is 18.4 Å². The highest BCUT2D eigenvalue weighted by Crippen LogP contribution is 2.23. The van der Waals surface area contributed by atoms with E-state index >= 15 is 0 Å². The number of alkyl halides is 3. The molecule has 0 aliphatic carbocycles. The summed E-state index contributed by atoms with van der Waals surface area (Å²) in [7, 11) is -3.76. The Morgan fingerprint density at radius 2 is 2.09 bits per heavy atom. The molecule has 0 aromatic carbocycles. The van der Waals surface area contributed by atoms with Crippen LogP contribution in [0.5, 0.6) is 0 Å². The van der Waals surface area contributed by atoms with E-state index in [0.29, 0.717) is 0 Å². The van der Waals surface area contributed by atoms with Crippen molar-refractivity contribution in [3.8, 4) is 6.19 Å². The summed E-state index contributed by atoms with van der Waals surface area (Å²) in [5, 5.41) is 7.76. The molecule has 1 N–H and O–H groups in total. The molecule has 0 rings (SSSR count). The van der Waals surface area contributed by atoms with E-state index in [1.54, 1.807) is 0 Å². The summed E-state index contributed by atoms with van der Waals surface area (Å²) in [6.45, 7) is 0. The Morgan fingerprint density at radius 1 is 1.64 bits per heavy atom. The van der Waals surface area contributed by atoms with Crippen LogP contribution in [-0.4, -0.2) is 16.8 Å². The van der Waals surface area contributed by atoms with Gasteiger partial charge < -0.3 is 0 Å². The molecule has 0 spiro atoms. The largest absolute Gasteiger partial charge is 0.493 e. The third-order valence-electron chi connectivity index (χ3n) is 0.760. The van der Waals surface area contributed by atoms with Crippen molar-refractivity contribution in [2.45, 2.75) is 5.51 Å². The monoisotopic (exact) mass is 187 g/mol. The van der Waals surface area contributed by atoms with Crippen molar-refractivity contribution in [1.82, 2.24) is 4.72 Å². The number of hydrogen-bond donors (Lipinski definition) is 1. The molecule has 4 nitrogen and oxygen atoms in total. The third-order valence-corrected chi connectivity index (χ3v) is 2.28. The van der Waals surface area contributed by atoms with Gasteiger partial charge in [-0.3, -0.25) is 0 Å². The lowest BCUT2D eigenvalue weighted by Gasteiger charge is -2.08. The number of nitriles is 1. The predicted molar refractivity (Wildman–Crippen MR) is 31.3 cm³/mol. The zero-order chi connectivity index (χ0) is 9.12. The van der Waals surface area contributed by atoms with Crippen molar-refractivity contribution >= 4 is 9.92 Å². The van der Waals surface area contributed by atoms with E-state index in [1.165, 1.54) is 4.72 Å². The normalized spacial score (nSPS) is 16.6. The molecule has 0 aliphatic rings. The summed E-state index contributed by atoms with van der Waals surface area (Å²) in [6, 6.07) is 0. The van der Waals surface area contributed by atoms with Crippen LogP contribution in [-0.2, 0) is 9.92 Å². The van der Waals surface area contributed by atoms with Crippen LogP contribution in [0.4, 0.5) is 13.2 Å². The highest BCUT2D eigenvalue weighted by atomic mass is 32.2. The Labute approximate surface area is 61.3 Å². The number of hydrogen-bond acceptors (Lipinski definition) is 3. The van der Waals surface area contributed by atoms with Crippen LogP contribution >= 0.6 is 0 Å². The Kier molecular flexibility index (Phi) is 2.84. The molecule has 0 aromatic rings. The van der Waals surface area contributed by atoms with Crippen molar-refractivity contribution in [3.05, 3.63) is 0 Å². The predicted octanol–water partition coefficient (Wildman–Crippen LogP) is 0.590. The van der Waals surface area contributed by atoms with Crippen LogP contribution in [0.25, 0.3) is 0 Å². The number of nitrogens with one attached hydrogen (secondary N) is 1. The molecule has 0 amide bonds. The van der Waals surface area contributed by atoms with Gasteiger partial charge in [-0.05, 0) is 7.05 Å². The average molecular weight is 187 g/mol. The van der Waals surface area contributed by atoms with Gasteiger partial charge in [0.2, 0.25) is 16.1 Å². The van der Waals surface area contributed by atoms with Crippen molar-refractivity contribution in [2.24, 2.45) is 4.36 Å². The second kappa shape index (κ2) is 3.06. The van der Waals surface area contributed by atoms with Crippen LogP contribution in [0.3, 0.4) is 0 Å². The van der Waals surface area contributed by atoms with Gasteiger partial charge in [-0.15, -0.1) is 0 Å². The average Bonchev–Trinajstić information content (AvgIpc) is 1.86. The van der Waals surface area contributed by atoms with Gasteiger partial charge in [0, 0.05) is 0 Å². The van der Waals surface area contributed by atoms with E-state index in [-0.39, 0.29) is 0 Å². The maximum absolute atomic E-state index is 11.7. The highest BCUT2D eigenvalue weighted by molar-refractivity contribution is 7.92. The molecule has 11 heavy (non-hydrogen) atoms. The molecule has 0 saturated carbocycles. The number of rotatable bonds is 1. The molecule has 64 valence electrons. The van der Waals surface area contributed by atoms with Crippen LogP contribution in [0, 0.1) is 11.5 Å². The molecule has 8 heteroatoms. The summed E-state index contributed by atoms with van der Waals surface area (Å²) in [6.07, 6.45) is 0.833. The van der Waals surface area contributed by atoms with Gasteiger partial charge in [0.05, 0.1) is 0 Å². The van der Waals surface area contributed by atoms with Crippen molar-refractivity contribution in [3.63, 3.8) is 0 Å². The van der Waals surface area contributed by atoms with E-state index in [4.69, 9.17) is 5.26 Å². The first-order valence-electron chi connectivity index (χ1n) is 2.27. The summed E-state index contributed by atoms with van der Waals surface area (Å²) in [4.78, 5) is 0. The lowest BCUT2D eigenvalue weighted by atomic mass is 11.5. The second-order valence-corrected chi connectivity index (χ2v) is 3.47. The van der Waals surface area contributed by atoms with Gasteiger partial charge in [-0.1, -0.05) is 4.36 Å². The van der Waals surface area contributed by atoms with Crippen molar-refractivity contribution < 1.29 is 17.4 Å². The summed E-state index contributed by atoms with van der Waals surface area (Å²) >= 11 is 0. The van der Waals surface area contributed by atoms with E-state index in [1.807, 2.05) is 0 Å². The molecule has 1 unspecified atom stereocenters. The smallest absolute Gasteiger partial charge is 0.226 e. The standard InChI is InChI=1S/C3H4F3N3OS/c1-8-11(10,9-2-7)3(4,5)6/h1H3,(H,8,9,10). The fourth-order valence-corrected chi connectivity index (χ4v) is 0.812. The quantitative estimate of drug-likeness (QED) is 0.610. The molecule has 0 fully saturated rings. The molecule has 0 saturated heterocycles. The number of halogens is 3. The Balaban J connectivity index is 5.15. The molecule has 1 atom stereocenters. The second-order valence-electron chi connectivity index (χ2n) is 1.37. The zero-order valence-electron chi connectivity index (χ0n) is 5.34. The minimum Gasteiger partial charge on any atom is -0.226 e. The molecule has 0 aromatic heterocycles. The molecule has 0 radical (unpaired) electrons. The van der Waals surface area contributed by atoms with Crippen molar-refractivity contribution in [1.29, 1.82) is 5.26 Å². The zero-order valence-corrected chi connectivity index (χ0v) is 6.16. The fourth-order valence-electron chi connectivity index (χ4n) is 0.271. The van der Waals surface area contributed by atoms with Gasteiger partial charge >= 0.3 is 5.51 Å². The molecular weight excluding hydrogens is 183 g/mol. The van der Waals surface area contributed by atoms with E-state index < -0.39 is 15.4 Å². The first-order valence-corrected chi connectivity index (χ1v) is 3.79. The van der Waals surface area contributed by atoms with Gasteiger partial charge in [0.1, 0.15) is 0 Å². The van der Waals surface area contributed by atoms with Crippen LogP contribution < -0.4 is 4.72 Å². The van der Waals surface area contributed by atoms with E-state index in [0.717, 1.165) is 13.2 Å². The van der Waals surface area contributed by atoms with Crippen LogP contribution in [0.2, 0.25) is 0 Å². The summed E-state index contributed by atoms with van der Waals surface area (Å²) in [5.41, 5.74) is -5.02. The Morgan fingerprint density at radius 3 is 2.18 bits per heavy atom. The van der Waals surface area contributed by atoms with E-state index in [9.17, 15) is 17.4 Å². The Bertz CT molecular complexity index is 281.